The van der Waals surface area contributed by atoms with Gasteiger partial charge in [0.1, 0.15) is 5.75 Å². The molecule has 1 aliphatic heterocycles. The molecule has 0 atom stereocenters. The Morgan fingerprint density at radius 2 is 1.75 bits per heavy atom. The normalized spacial score (nSPS) is 15.7. The molecule has 132 valence electrons. The highest BCUT2D eigenvalue weighted by Crippen LogP contribution is 2.27. The van der Waals surface area contributed by atoms with Crippen LogP contribution in [0.25, 0.3) is 0 Å². The fourth-order valence-electron chi connectivity index (χ4n) is 2.89. The van der Waals surface area contributed by atoms with E-state index in [1.54, 1.807) is 0 Å². The SMILES string of the molecule is CC(C)Oc1ccccc1NC(=O)C1CCN(C(=O)C(C)C)CC1. The summed E-state index contributed by atoms with van der Waals surface area (Å²) in [5.74, 6) is 0.813. The van der Waals surface area contributed by atoms with Crippen LogP contribution < -0.4 is 10.1 Å². The standard InChI is InChI=1S/C19H28N2O3/c1-13(2)19(23)21-11-9-15(10-12-21)18(22)20-16-7-5-6-8-17(16)24-14(3)4/h5-8,13-15H,9-12H2,1-4H3,(H,20,22). The largest absolute Gasteiger partial charge is 0.489 e. The molecule has 0 radical (unpaired) electrons. The number of piperidine rings is 1. The first-order valence-corrected chi connectivity index (χ1v) is 8.73. The van der Waals surface area contributed by atoms with E-state index in [9.17, 15) is 9.59 Å². The fourth-order valence-corrected chi connectivity index (χ4v) is 2.89. The number of para-hydroxylation sites is 2. The molecule has 2 rings (SSSR count). The van der Waals surface area contributed by atoms with Crippen LogP contribution in [0.1, 0.15) is 40.5 Å². The molecule has 0 bridgehead atoms. The minimum Gasteiger partial charge on any atom is -0.489 e. The first-order chi connectivity index (χ1) is 11.4. The lowest BCUT2D eigenvalue weighted by Gasteiger charge is -2.32. The second-order valence-electron chi connectivity index (χ2n) is 6.91. The molecule has 0 spiro atoms. The van der Waals surface area contributed by atoms with Gasteiger partial charge in [-0.05, 0) is 38.8 Å². The van der Waals surface area contributed by atoms with E-state index in [-0.39, 0.29) is 29.8 Å². The van der Waals surface area contributed by atoms with Crippen molar-refractivity contribution in [3.05, 3.63) is 24.3 Å². The van der Waals surface area contributed by atoms with Crippen molar-refractivity contribution in [1.29, 1.82) is 0 Å². The fraction of sp³-hybridized carbons (Fsp3) is 0.579. The number of ether oxygens (including phenoxy) is 1. The summed E-state index contributed by atoms with van der Waals surface area (Å²) in [6.07, 6.45) is 1.46. The van der Waals surface area contributed by atoms with E-state index in [2.05, 4.69) is 5.32 Å². The minimum atomic E-state index is -0.0617. The Morgan fingerprint density at radius 1 is 1.12 bits per heavy atom. The average molecular weight is 332 g/mol. The number of carbonyl (C=O) groups is 2. The monoisotopic (exact) mass is 332 g/mol. The molecule has 0 saturated carbocycles. The quantitative estimate of drug-likeness (QED) is 0.900. The van der Waals surface area contributed by atoms with Crippen molar-refractivity contribution in [3.8, 4) is 5.75 Å². The number of benzene rings is 1. The van der Waals surface area contributed by atoms with Gasteiger partial charge in [0.25, 0.3) is 0 Å². The molecule has 1 aliphatic rings. The summed E-state index contributed by atoms with van der Waals surface area (Å²) in [5, 5.41) is 2.99. The lowest BCUT2D eigenvalue weighted by atomic mass is 9.95. The smallest absolute Gasteiger partial charge is 0.227 e. The maximum absolute atomic E-state index is 12.5. The topological polar surface area (TPSA) is 58.6 Å². The lowest BCUT2D eigenvalue weighted by Crippen LogP contribution is -2.43. The van der Waals surface area contributed by atoms with Gasteiger partial charge in [0.05, 0.1) is 11.8 Å². The van der Waals surface area contributed by atoms with Crippen LogP contribution in [0, 0.1) is 11.8 Å². The van der Waals surface area contributed by atoms with Gasteiger partial charge in [0, 0.05) is 24.9 Å². The molecular formula is C19H28N2O3. The third-order valence-corrected chi connectivity index (χ3v) is 4.18. The van der Waals surface area contributed by atoms with Crippen LogP contribution in [0.15, 0.2) is 24.3 Å². The van der Waals surface area contributed by atoms with E-state index >= 15 is 0 Å². The predicted octanol–water partition coefficient (Wildman–Crippen LogP) is 3.31. The van der Waals surface area contributed by atoms with Crippen molar-refractivity contribution in [2.45, 2.75) is 46.6 Å². The highest BCUT2D eigenvalue weighted by molar-refractivity contribution is 5.94. The number of carbonyl (C=O) groups excluding carboxylic acids is 2. The van der Waals surface area contributed by atoms with Gasteiger partial charge in [-0.25, -0.2) is 0 Å². The zero-order valence-corrected chi connectivity index (χ0v) is 15.0. The minimum absolute atomic E-state index is 0.00597. The summed E-state index contributed by atoms with van der Waals surface area (Å²) in [5.41, 5.74) is 0.705. The number of hydrogen-bond acceptors (Lipinski definition) is 3. The van der Waals surface area contributed by atoms with Gasteiger partial charge in [0.15, 0.2) is 0 Å². The molecule has 1 fully saturated rings. The van der Waals surface area contributed by atoms with Crippen LogP contribution in [0.5, 0.6) is 5.75 Å². The average Bonchev–Trinajstić information content (AvgIpc) is 2.55. The highest BCUT2D eigenvalue weighted by atomic mass is 16.5. The number of hydrogen-bond donors (Lipinski definition) is 1. The number of rotatable bonds is 5. The zero-order chi connectivity index (χ0) is 17.7. The van der Waals surface area contributed by atoms with Crippen molar-refractivity contribution >= 4 is 17.5 Å². The van der Waals surface area contributed by atoms with Crippen LogP contribution >= 0.6 is 0 Å². The van der Waals surface area contributed by atoms with E-state index in [0.29, 0.717) is 37.4 Å². The number of anilines is 1. The van der Waals surface area contributed by atoms with Crippen LogP contribution in [0.4, 0.5) is 5.69 Å². The van der Waals surface area contributed by atoms with E-state index in [0.717, 1.165) is 0 Å². The summed E-state index contributed by atoms with van der Waals surface area (Å²) >= 11 is 0. The Balaban J connectivity index is 1.94. The molecule has 5 nitrogen and oxygen atoms in total. The molecule has 1 aromatic rings. The molecule has 1 saturated heterocycles. The Bertz CT molecular complexity index is 576. The van der Waals surface area contributed by atoms with Gasteiger partial charge < -0.3 is 15.0 Å². The Hall–Kier alpha value is -2.04. The summed E-state index contributed by atoms with van der Waals surface area (Å²) in [4.78, 5) is 26.4. The van der Waals surface area contributed by atoms with Gasteiger partial charge in [-0.15, -0.1) is 0 Å². The third kappa shape index (κ3) is 4.73. The molecular weight excluding hydrogens is 304 g/mol. The van der Waals surface area contributed by atoms with Gasteiger partial charge >= 0.3 is 0 Å². The molecule has 0 unspecified atom stereocenters. The van der Waals surface area contributed by atoms with E-state index in [1.807, 2.05) is 56.9 Å². The molecule has 1 heterocycles. The second-order valence-corrected chi connectivity index (χ2v) is 6.91. The van der Waals surface area contributed by atoms with Crippen molar-refractivity contribution in [2.24, 2.45) is 11.8 Å². The van der Waals surface area contributed by atoms with Gasteiger partial charge in [-0.3, -0.25) is 9.59 Å². The van der Waals surface area contributed by atoms with Crippen molar-refractivity contribution in [1.82, 2.24) is 4.90 Å². The number of likely N-dealkylation sites (tertiary alicyclic amines) is 1. The summed E-state index contributed by atoms with van der Waals surface area (Å²) in [7, 11) is 0. The van der Waals surface area contributed by atoms with Crippen molar-refractivity contribution in [3.63, 3.8) is 0 Å². The summed E-state index contributed by atoms with van der Waals surface area (Å²) in [6, 6.07) is 7.49. The van der Waals surface area contributed by atoms with Gasteiger partial charge in [-0.1, -0.05) is 26.0 Å². The Labute approximate surface area is 144 Å². The molecule has 5 heteroatoms. The summed E-state index contributed by atoms with van der Waals surface area (Å²) in [6.45, 7) is 9.04. The summed E-state index contributed by atoms with van der Waals surface area (Å²) < 4.78 is 5.74. The molecule has 24 heavy (non-hydrogen) atoms. The maximum Gasteiger partial charge on any atom is 0.227 e. The number of nitrogens with zero attached hydrogens (tertiary/aromatic N) is 1. The molecule has 1 N–H and O–H groups in total. The Morgan fingerprint density at radius 3 is 2.33 bits per heavy atom. The van der Waals surface area contributed by atoms with Crippen LogP contribution in [0.3, 0.4) is 0 Å². The van der Waals surface area contributed by atoms with Crippen molar-refractivity contribution < 1.29 is 14.3 Å². The van der Waals surface area contributed by atoms with Gasteiger partial charge in [0.2, 0.25) is 11.8 Å². The lowest BCUT2D eigenvalue weighted by molar-refractivity contribution is -0.137. The first kappa shape index (κ1) is 18.3. The van der Waals surface area contributed by atoms with Crippen LogP contribution in [-0.2, 0) is 9.59 Å². The van der Waals surface area contributed by atoms with E-state index < -0.39 is 0 Å². The molecule has 1 aromatic carbocycles. The van der Waals surface area contributed by atoms with Crippen LogP contribution in [-0.4, -0.2) is 35.9 Å². The third-order valence-electron chi connectivity index (χ3n) is 4.18. The first-order valence-electron chi connectivity index (χ1n) is 8.73. The number of amides is 2. The maximum atomic E-state index is 12.5. The second kappa shape index (κ2) is 8.18. The van der Waals surface area contributed by atoms with Crippen molar-refractivity contribution in [2.75, 3.05) is 18.4 Å². The van der Waals surface area contributed by atoms with Gasteiger partial charge in [-0.2, -0.15) is 0 Å². The van der Waals surface area contributed by atoms with E-state index in [4.69, 9.17) is 4.74 Å². The van der Waals surface area contributed by atoms with E-state index in [1.165, 1.54) is 0 Å². The van der Waals surface area contributed by atoms with Crippen LogP contribution in [0.2, 0.25) is 0 Å². The Kier molecular flexibility index (Phi) is 6.23. The zero-order valence-electron chi connectivity index (χ0n) is 15.0. The molecule has 0 aromatic heterocycles. The number of nitrogens with one attached hydrogen (secondary N) is 1. The molecule has 0 aliphatic carbocycles. The predicted molar refractivity (Wildman–Crippen MR) is 95.0 cm³/mol. The molecule has 2 amide bonds. The highest BCUT2D eigenvalue weighted by Gasteiger charge is 2.28.